The fourth-order valence-electron chi connectivity index (χ4n) is 3.73. The Balaban J connectivity index is 2.00. The second-order valence-corrected chi connectivity index (χ2v) is 6.99. The summed E-state index contributed by atoms with van der Waals surface area (Å²) in [6.07, 6.45) is 0.0752. The number of amides is 1. The van der Waals surface area contributed by atoms with Gasteiger partial charge in [0.25, 0.3) is 11.1 Å². The monoisotopic (exact) mass is 352 g/mol. The maximum Gasteiger partial charge on any atom is 0.270 e. The Labute approximate surface area is 149 Å². The molecule has 2 N–H and O–H groups in total. The normalized spacial score (nSPS) is 16.8. The van der Waals surface area contributed by atoms with Gasteiger partial charge in [-0.25, -0.2) is 0 Å². The second kappa shape index (κ2) is 5.72. The molecule has 0 fully saturated rings. The molecule has 2 aromatic heterocycles. The molecule has 0 bridgehead atoms. The highest BCUT2D eigenvalue weighted by atomic mass is 16.2. The molecule has 0 aliphatic carbocycles. The van der Waals surface area contributed by atoms with Crippen molar-refractivity contribution in [3.05, 3.63) is 62.2 Å². The Morgan fingerprint density at radius 3 is 2.62 bits per heavy atom. The first-order valence-electron chi connectivity index (χ1n) is 8.61. The number of rotatable bonds is 2. The van der Waals surface area contributed by atoms with Crippen LogP contribution in [0.2, 0.25) is 0 Å². The van der Waals surface area contributed by atoms with E-state index in [4.69, 9.17) is 0 Å². The third kappa shape index (κ3) is 2.31. The van der Waals surface area contributed by atoms with Gasteiger partial charge < -0.3 is 9.88 Å². The molecule has 3 aromatic rings. The number of H-pyrrole nitrogens is 1. The van der Waals surface area contributed by atoms with E-state index < -0.39 is 5.92 Å². The molecule has 4 rings (SSSR count). The minimum atomic E-state index is -0.564. The lowest BCUT2D eigenvalue weighted by atomic mass is 9.87. The van der Waals surface area contributed by atoms with Crippen molar-refractivity contribution in [3.8, 4) is 0 Å². The van der Waals surface area contributed by atoms with Crippen molar-refractivity contribution in [2.75, 3.05) is 5.32 Å². The van der Waals surface area contributed by atoms with E-state index in [1.54, 1.807) is 22.4 Å². The number of fused-ring (bicyclic) bond motifs is 2. The molecule has 0 saturated heterocycles. The first kappa shape index (κ1) is 16.4. The van der Waals surface area contributed by atoms with Crippen LogP contribution in [-0.4, -0.2) is 20.3 Å². The number of hydrogen-bond acceptors (Lipinski definition) is 3. The van der Waals surface area contributed by atoms with Gasteiger partial charge in [0.1, 0.15) is 5.82 Å². The number of aromatic amines is 1. The van der Waals surface area contributed by atoms with Gasteiger partial charge in [-0.3, -0.25) is 24.2 Å². The van der Waals surface area contributed by atoms with Gasteiger partial charge in [0.2, 0.25) is 5.91 Å². The molecule has 1 aliphatic heterocycles. The van der Waals surface area contributed by atoms with E-state index in [-0.39, 0.29) is 29.5 Å². The van der Waals surface area contributed by atoms with E-state index in [1.807, 2.05) is 38.1 Å². The summed E-state index contributed by atoms with van der Waals surface area (Å²) in [5, 5.41) is 6.47. The van der Waals surface area contributed by atoms with Crippen LogP contribution in [0, 0.1) is 0 Å². The quantitative estimate of drug-likeness (QED) is 0.740. The first-order valence-corrected chi connectivity index (χ1v) is 8.61. The number of anilines is 1. The Morgan fingerprint density at radius 2 is 1.88 bits per heavy atom. The van der Waals surface area contributed by atoms with Gasteiger partial charge in [-0.1, -0.05) is 18.2 Å². The van der Waals surface area contributed by atoms with Crippen molar-refractivity contribution < 1.29 is 4.79 Å². The molecule has 134 valence electrons. The summed E-state index contributed by atoms with van der Waals surface area (Å²) in [5.74, 6) is -0.307. The maximum absolute atomic E-state index is 13.0. The van der Waals surface area contributed by atoms with Crippen molar-refractivity contribution in [1.82, 2.24) is 14.3 Å². The molecule has 26 heavy (non-hydrogen) atoms. The number of para-hydroxylation sites is 1. The van der Waals surface area contributed by atoms with Crippen LogP contribution < -0.4 is 16.4 Å². The molecule has 3 heterocycles. The molecule has 7 nitrogen and oxygen atoms in total. The summed E-state index contributed by atoms with van der Waals surface area (Å²) < 4.78 is 3.22. The maximum atomic E-state index is 13.0. The number of aromatic nitrogens is 3. The number of pyridine rings is 1. The van der Waals surface area contributed by atoms with Crippen molar-refractivity contribution in [2.24, 2.45) is 7.05 Å². The molecule has 1 aromatic carbocycles. The smallest absolute Gasteiger partial charge is 0.270 e. The number of benzene rings is 1. The van der Waals surface area contributed by atoms with Crippen LogP contribution in [-0.2, 0) is 11.8 Å². The van der Waals surface area contributed by atoms with Crippen molar-refractivity contribution in [2.45, 2.75) is 32.2 Å². The van der Waals surface area contributed by atoms with Gasteiger partial charge in [0.05, 0.1) is 11.1 Å². The van der Waals surface area contributed by atoms with E-state index >= 15 is 0 Å². The zero-order valence-corrected chi connectivity index (χ0v) is 14.9. The first-order chi connectivity index (χ1) is 12.4. The summed E-state index contributed by atoms with van der Waals surface area (Å²) in [4.78, 5) is 37.9. The van der Waals surface area contributed by atoms with E-state index in [1.165, 1.54) is 0 Å². The van der Waals surface area contributed by atoms with Crippen LogP contribution in [0.25, 0.3) is 10.9 Å². The van der Waals surface area contributed by atoms with Crippen molar-refractivity contribution in [3.63, 3.8) is 0 Å². The summed E-state index contributed by atoms with van der Waals surface area (Å²) >= 11 is 0. The van der Waals surface area contributed by atoms with Gasteiger partial charge in [0.15, 0.2) is 0 Å². The van der Waals surface area contributed by atoms with E-state index in [9.17, 15) is 14.4 Å². The Kier molecular flexibility index (Phi) is 3.61. The lowest BCUT2D eigenvalue weighted by Crippen LogP contribution is -2.32. The van der Waals surface area contributed by atoms with Crippen LogP contribution in [0.1, 0.15) is 43.4 Å². The van der Waals surface area contributed by atoms with E-state index in [0.717, 1.165) is 10.9 Å². The van der Waals surface area contributed by atoms with Crippen LogP contribution in [0.3, 0.4) is 0 Å². The molecule has 1 aliphatic rings. The summed E-state index contributed by atoms with van der Waals surface area (Å²) in [7, 11) is 1.71. The number of nitrogens with zero attached hydrogens (tertiary/aromatic N) is 2. The number of carbonyl (C=O) groups is 1. The van der Waals surface area contributed by atoms with Crippen molar-refractivity contribution in [1.29, 1.82) is 0 Å². The molecular formula is C19H20N4O3. The molecule has 7 heteroatoms. The highest BCUT2D eigenvalue weighted by Gasteiger charge is 2.34. The lowest BCUT2D eigenvalue weighted by molar-refractivity contribution is -0.116. The van der Waals surface area contributed by atoms with Crippen LogP contribution in [0.4, 0.5) is 5.82 Å². The molecular weight excluding hydrogens is 332 g/mol. The van der Waals surface area contributed by atoms with E-state index in [0.29, 0.717) is 16.9 Å². The number of hydrogen-bond donors (Lipinski definition) is 2. The van der Waals surface area contributed by atoms with E-state index in [2.05, 4.69) is 10.4 Å². The Morgan fingerprint density at radius 1 is 1.15 bits per heavy atom. The summed E-state index contributed by atoms with van der Waals surface area (Å²) in [5.41, 5.74) is 1.27. The van der Waals surface area contributed by atoms with Gasteiger partial charge in [0, 0.05) is 31.0 Å². The highest BCUT2D eigenvalue weighted by Crippen LogP contribution is 2.35. The minimum Gasteiger partial charge on any atom is -0.311 e. The summed E-state index contributed by atoms with van der Waals surface area (Å²) in [6.45, 7) is 3.84. The van der Waals surface area contributed by atoms with Gasteiger partial charge in [-0.05, 0) is 31.4 Å². The average molecular weight is 352 g/mol. The zero-order chi connectivity index (χ0) is 18.6. The minimum absolute atomic E-state index is 0.0232. The number of carbonyl (C=O) groups excluding carboxylic acids is 1. The van der Waals surface area contributed by atoms with Crippen LogP contribution >= 0.6 is 0 Å². The molecule has 0 radical (unpaired) electrons. The molecule has 1 unspecified atom stereocenters. The van der Waals surface area contributed by atoms with Crippen LogP contribution in [0.5, 0.6) is 0 Å². The lowest BCUT2D eigenvalue weighted by Gasteiger charge is -2.24. The molecule has 0 spiro atoms. The average Bonchev–Trinajstić information content (AvgIpc) is 2.94. The number of aryl methyl sites for hydroxylation is 1. The Bertz CT molecular complexity index is 1150. The van der Waals surface area contributed by atoms with Crippen molar-refractivity contribution >= 4 is 22.6 Å². The molecule has 0 saturated carbocycles. The summed E-state index contributed by atoms with van der Waals surface area (Å²) in [6, 6.07) is 9.35. The van der Waals surface area contributed by atoms with Gasteiger partial charge >= 0.3 is 0 Å². The number of nitrogens with one attached hydrogen (secondary N) is 2. The predicted octanol–water partition coefficient (Wildman–Crippen LogP) is 2.08. The zero-order valence-electron chi connectivity index (χ0n) is 14.9. The topological polar surface area (TPSA) is 88.9 Å². The Hall–Kier alpha value is -3.09. The fourth-order valence-corrected chi connectivity index (χ4v) is 3.73. The third-order valence-electron chi connectivity index (χ3n) is 5.01. The molecule has 1 amide bonds. The van der Waals surface area contributed by atoms with Gasteiger partial charge in [-0.2, -0.15) is 0 Å². The standard InChI is InChI=1S/C19H20N4O3/c1-10(2)23-17-16(18(25)21-23)12(9-15(24)20-17)13-8-11-6-4-5-7-14(11)22(3)19(13)26/h4-8,10,12H,9H2,1-3H3,(H,20,24)(H,21,25). The fraction of sp³-hybridized carbons (Fsp3) is 0.316. The SMILES string of the molecule is CC(C)n1[nH]c(=O)c2c1NC(=O)CC2c1cc2ccccc2n(C)c1=O. The second-order valence-electron chi connectivity index (χ2n) is 6.99. The predicted molar refractivity (Wildman–Crippen MR) is 99.7 cm³/mol. The van der Waals surface area contributed by atoms with Gasteiger partial charge in [-0.15, -0.1) is 0 Å². The largest absolute Gasteiger partial charge is 0.311 e. The molecule has 1 atom stereocenters. The van der Waals surface area contributed by atoms with Crippen LogP contribution in [0.15, 0.2) is 39.9 Å². The third-order valence-corrected chi connectivity index (χ3v) is 5.01. The highest BCUT2D eigenvalue weighted by molar-refractivity contribution is 5.94.